The van der Waals surface area contributed by atoms with Gasteiger partial charge in [0.1, 0.15) is 11.6 Å². The minimum Gasteiger partial charge on any atom is -0.343 e. The number of H-pyrrole nitrogens is 2. The highest BCUT2D eigenvalue weighted by atomic mass is 15.1. The second-order valence-electron chi connectivity index (χ2n) is 9.13. The summed E-state index contributed by atoms with van der Waals surface area (Å²) in [4.78, 5) is 16.5. The summed E-state index contributed by atoms with van der Waals surface area (Å²) < 4.78 is 0. The maximum absolute atomic E-state index is 5.99. The van der Waals surface area contributed by atoms with Crippen LogP contribution in [-0.4, -0.2) is 33.0 Å². The Morgan fingerprint density at radius 2 is 1.50 bits per heavy atom. The van der Waals surface area contributed by atoms with Crippen molar-refractivity contribution in [1.29, 1.82) is 0 Å². The molecular weight excluding hydrogens is 422 g/mol. The summed E-state index contributed by atoms with van der Waals surface area (Å²) in [6, 6.07) is 15.0. The Bertz CT molecular complexity index is 1360. The molecule has 0 saturated carbocycles. The van der Waals surface area contributed by atoms with E-state index < -0.39 is 0 Å². The zero-order chi connectivity index (χ0) is 22.9. The van der Waals surface area contributed by atoms with Crippen LogP contribution in [0.1, 0.15) is 66.2 Å². The molecule has 0 bridgehead atoms. The van der Waals surface area contributed by atoms with Gasteiger partial charge in [0.25, 0.3) is 0 Å². The lowest BCUT2D eigenvalue weighted by atomic mass is 10.1. The van der Waals surface area contributed by atoms with E-state index in [9.17, 15) is 0 Å². The number of rotatable bonds is 4. The van der Waals surface area contributed by atoms with Gasteiger partial charge in [0.05, 0.1) is 34.5 Å². The average Bonchev–Trinajstić information content (AvgIpc) is 3.68. The van der Waals surface area contributed by atoms with Gasteiger partial charge in [-0.05, 0) is 69.1 Å². The quantitative estimate of drug-likeness (QED) is 0.304. The summed E-state index contributed by atoms with van der Waals surface area (Å²) in [5, 5.41) is 6.99. The third-order valence-electron chi connectivity index (χ3n) is 6.79. The molecule has 0 aliphatic carbocycles. The molecule has 6 N–H and O–H groups in total. The molecule has 172 valence electrons. The minimum atomic E-state index is 0.293. The molecule has 2 aliphatic heterocycles. The Balaban J connectivity index is 1.21. The molecule has 0 amide bonds. The predicted octanol–water partition coefficient (Wildman–Crippen LogP) is 3.66. The second-order valence-corrected chi connectivity index (χ2v) is 9.13. The highest BCUT2D eigenvalue weighted by Gasteiger charge is 2.22. The van der Waals surface area contributed by atoms with Gasteiger partial charge in [0.2, 0.25) is 0 Å². The molecular formula is C27H29N7. The molecule has 2 aromatic carbocycles. The number of hydrogen-bond acceptors (Lipinski definition) is 5. The van der Waals surface area contributed by atoms with Gasteiger partial charge in [0, 0.05) is 23.2 Å². The highest BCUT2D eigenvalue weighted by molar-refractivity contribution is 5.77. The van der Waals surface area contributed by atoms with Gasteiger partial charge in [-0.3, -0.25) is 0 Å². The first-order valence-corrected chi connectivity index (χ1v) is 12.1. The van der Waals surface area contributed by atoms with Gasteiger partial charge >= 0.3 is 0 Å². The molecule has 34 heavy (non-hydrogen) atoms. The van der Waals surface area contributed by atoms with Crippen LogP contribution in [0.25, 0.3) is 22.3 Å². The van der Waals surface area contributed by atoms with Crippen molar-refractivity contribution >= 4 is 11.0 Å². The van der Waals surface area contributed by atoms with Crippen molar-refractivity contribution in [2.45, 2.75) is 44.3 Å². The van der Waals surface area contributed by atoms with Crippen LogP contribution in [0.5, 0.6) is 0 Å². The van der Waals surface area contributed by atoms with E-state index in [0.29, 0.717) is 18.6 Å². The van der Waals surface area contributed by atoms with Crippen molar-refractivity contribution in [3.05, 3.63) is 70.9 Å². The summed E-state index contributed by atoms with van der Waals surface area (Å²) in [7, 11) is 0. The summed E-state index contributed by atoms with van der Waals surface area (Å²) in [5.74, 6) is 8.58. The zero-order valence-electron chi connectivity index (χ0n) is 19.1. The molecule has 7 heteroatoms. The third kappa shape index (κ3) is 4.12. The zero-order valence-corrected chi connectivity index (χ0v) is 19.1. The second kappa shape index (κ2) is 9.07. The topological polar surface area (TPSA) is 107 Å². The van der Waals surface area contributed by atoms with Gasteiger partial charge in [0.15, 0.2) is 0 Å². The maximum atomic E-state index is 5.99. The number of nitrogens with two attached hydrogens (primary N) is 1. The van der Waals surface area contributed by atoms with Crippen LogP contribution in [0.15, 0.2) is 42.5 Å². The van der Waals surface area contributed by atoms with E-state index >= 15 is 0 Å². The smallest absolute Gasteiger partial charge is 0.124 e. The first-order valence-electron chi connectivity index (χ1n) is 12.1. The SMILES string of the molecule is NCc1[nH]c([C@@H]2CCCN2)nc1-c1ccc(C#Cc2ccc3nc([C@@H]4CCCN4)[nH]c3c2)cc1. The predicted molar refractivity (Wildman–Crippen MR) is 134 cm³/mol. The van der Waals surface area contributed by atoms with Crippen molar-refractivity contribution in [3.63, 3.8) is 0 Å². The van der Waals surface area contributed by atoms with Crippen LogP contribution in [0.4, 0.5) is 0 Å². The van der Waals surface area contributed by atoms with Gasteiger partial charge in [-0.1, -0.05) is 24.0 Å². The lowest BCUT2D eigenvalue weighted by molar-refractivity contribution is 0.611. The minimum absolute atomic E-state index is 0.293. The molecule has 2 aromatic heterocycles. The molecule has 7 nitrogen and oxygen atoms in total. The molecule has 4 aromatic rings. The fraction of sp³-hybridized carbons (Fsp3) is 0.333. The highest BCUT2D eigenvalue weighted by Crippen LogP contribution is 2.27. The van der Waals surface area contributed by atoms with Crippen LogP contribution in [-0.2, 0) is 6.54 Å². The lowest BCUT2D eigenvalue weighted by Crippen LogP contribution is -2.14. The number of nitrogens with zero attached hydrogens (tertiary/aromatic N) is 2. The monoisotopic (exact) mass is 451 g/mol. The van der Waals surface area contributed by atoms with E-state index in [1.54, 1.807) is 0 Å². The molecule has 2 fully saturated rings. The molecule has 2 saturated heterocycles. The van der Waals surface area contributed by atoms with E-state index in [2.05, 4.69) is 50.6 Å². The van der Waals surface area contributed by atoms with Crippen LogP contribution < -0.4 is 16.4 Å². The lowest BCUT2D eigenvalue weighted by Gasteiger charge is -2.04. The van der Waals surface area contributed by atoms with E-state index in [-0.39, 0.29) is 0 Å². The van der Waals surface area contributed by atoms with Gasteiger partial charge < -0.3 is 26.3 Å². The van der Waals surface area contributed by atoms with Gasteiger partial charge in [-0.2, -0.15) is 0 Å². The number of imidazole rings is 2. The third-order valence-corrected chi connectivity index (χ3v) is 6.79. The van der Waals surface area contributed by atoms with Crippen LogP contribution in [0.3, 0.4) is 0 Å². The number of aromatic nitrogens is 4. The Morgan fingerprint density at radius 3 is 2.18 bits per heavy atom. The number of benzene rings is 2. The average molecular weight is 452 g/mol. The Hall–Kier alpha value is -3.44. The fourth-order valence-corrected chi connectivity index (χ4v) is 4.94. The first kappa shape index (κ1) is 21.1. The van der Waals surface area contributed by atoms with E-state index in [0.717, 1.165) is 76.7 Å². The van der Waals surface area contributed by atoms with Crippen LogP contribution in [0, 0.1) is 11.8 Å². The number of fused-ring (bicyclic) bond motifs is 1. The molecule has 6 rings (SSSR count). The molecule has 4 heterocycles. The number of hydrogen-bond donors (Lipinski definition) is 5. The largest absolute Gasteiger partial charge is 0.343 e. The number of aromatic amines is 2. The van der Waals surface area contributed by atoms with Crippen molar-refractivity contribution in [3.8, 4) is 23.1 Å². The van der Waals surface area contributed by atoms with Crippen LogP contribution in [0.2, 0.25) is 0 Å². The van der Waals surface area contributed by atoms with Crippen LogP contribution >= 0.6 is 0 Å². The fourth-order valence-electron chi connectivity index (χ4n) is 4.94. The van der Waals surface area contributed by atoms with Crippen molar-refractivity contribution < 1.29 is 0 Å². The molecule has 0 spiro atoms. The molecule has 2 atom stereocenters. The summed E-state index contributed by atoms with van der Waals surface area (Å²) in [6.07, 6.45) is 4.61. The molecule has 0 unspecified atom stereocenters. The standard InChI is InChI=1S/C27H29N7/c28-16-24-25(34-27(33-24)22-4-2-14-30-22)19-10-7-17(8-11-19)5-6-18-9-12-20-23(15-18)32-26(31-20)21-3-1-13-29-21/h7-12,15,21-22,29-30H,1-4,13-14,16,28H2,(H,31,32)(H,33,34)/t21-,22-/m0/s1. The molecule has 2 aliphatic rings. The van der Waals surface area contributed by atoms with E-state index in [1.165, 1.54) is 12.8 Å². The van der Waals surface area contributed by atoms with Gasteiger partial charge in [-0.25, -0.2) is 9.97 Å². The van der Waals surface area contributed by atoms with Crippen molar-refractivity contribution in [2.75, 3.05) is 13.1 Å². The Kier molecular flexibility index (Phi) is 5.63. The summed E-state index contributed by atoms with van der Waals surface area (Å²) in [6.45, 7) is 2.53. The van der Waals surface area contributed by atoms with Crippen molar-refractivity contribution in [2.24, 2.45) is 5.73 Å². The normalized spacial score (nSPS) is 20.0. The summed E-state index contributed by atoms with van der Waals surface area (Å²) >= 11 is 0. The number of nitrogens with one attached hydrogen (secondary N) is 4. The van der Waals surface area contributed by atoms with E-state index in [4.69, 9.17) is 15.7 Å². The van der Waals surface area contributed by atoms with Crippen molar-refractivity contribution in [1.82, 2.24) is 30.6 Å². The maximum Gasteiger partial charge on any atom is 0.124 e. The Labute approximate surface area is 199 Å². The van der Waals surface area contributed by atoms with E-state index in [1.807, 2.05) is 24.3 Å². The first-order chi connectivity index (χ1) is 16.8. The Morgan fingerprint density at radius 1 is 0.824 bits per heavy atom. The van der Waals surface area contributed by atoms with Gasteiger partial charge in [-0.15, -0.1) is 0 Å². The molecule has 0 radical (unpaired) electrons. The summed E-state index contributed by atoms with van der Waals surface area (Å²) in [5.41, 5.74) is 12.9.